The molecule has 0 amide bonds. The van der Waals surface area contributed by atoms with Gasteiger partial charge in [0.15, 0.2) is 0 Å². The highest BCUT2D eigenvalue weighted by molar-refractivity contribution is 9.08. The highest BCUT2D eigenvalue weighted by Crippen LogP contribution is 2.33. The fraction of sp³-hybridized carbons (Fsp3) is 0.400. The molecule has 100 valence electrons. The van der Waals surface area contributed by atoms with Gasteiger partial charge in [0.2, 0.25) is 0 Å². The van der Waals surface area contributed by atoms with Crippen molar-refractivity contribution in [3.8, 4) is 0 Å². The third-order valence-electron chi connectivity index (χ3n) is 3.74. The Kier molecular flexibility index (Phi) is 3.56. The van der Waals surface area contributed by atoms with Crippen LogP contribution in [0.3, 0.4) is 0 Å². The van der Waals surface area contributed by atoms with Crippen LogP contribution >= 0.6 is 15.9 Å². The summed E-state index contributed by atoms with van der Waals surface area (Å²) in [7, 11) is 0. The average molecular weight is 322 g/mol. The fourth-order valence-corrected chi connectivity index (χ4v) is 2.83. The quantitative estimate of drug-likeness (QED) is 0.864. The van der Waals surface area contributed by atoms with Gasteiger partial charge in [0.1, 0.15) is 0 Å². The summed E-state index contributed by atoms with van der Waals surface area (Å²) in [5.74, 6) is 0. The van der Waals surface area contributed by atoms with Crippen LogP contribution in [0, 0.1) is 0 Å². The summed E-state index contributed by atoms with van der Waals surface area (Å²) in [6, 6.07) is 10.1. The van der Waals surface area contributed by atoms with Crippen molar-refractivity contribution in [3.63, 3.8) is 0 Å². The first-order chi connectivity index (χ1) is 9.21. The van der Waals surface area contributed by atoms with Crippen LogP contribution in [0.25, 0.3) is 10.9 Å². The molecule has 1 fully saturated rings. The fourth-order valence-electron chi connectivity index (χ4n) is 2.52. The van der Waals surface area contributed by atoms with Gasteiger partial charge in [-0.15, -0.1) is 0 Å². The molecule has 2 heterocycles. The first-order valence-electron chi connectivity index (χ1n) is 6.47. The minimum Gasteiger partial charge on any atom is -0.385 e. The van der Waals surface area contributed by atoms with Gasteiger partial charge in [-0.1, -0.05) is 34.1 Å². The Morgan fingerprint density at radius 2 is 1.95 bits per heavy atom. The monoisotopic (exact) mass is 321 g/mol. The Morgan fingerprint density at radius 1 is 1.21 bits per heavy atom. The highest BCUT2D eigenvalue weighted by Gasteiger charge is 2.31. The first kappa shape index (κ1) is 13.0. The summed E-state index contributed by atoms with van der Waals surface area (Å²) in [5.41, 5.74) is 2.12. The van der Waals surface area contributed by atoms with Crippen molar-refractivity contribution in [1.29, 1.82) is 0 Å². The van der Waals surface area contributed by atoms with Gasteiger partial charge in [-0.25, -0.2) is 0 Å². The molecule has 4 heteroatoms. The Bertz CT molecular complexity index is 594. The van der Waals surface area contributed by atoms with E-state index < -0.39 is 5.60 Å². The zero-order chi connectivity index (χ0) is 13.3. The summed E-state index contributed by atoms with van der Waals surface area (Å²) in [5, 5.41) is 12.6. The lowest BCUT2D eigenvalue weighted by Crippen LogP contribution is -2.33. The molecule has 0 aliphatic carbocycles. The summed E-state index contributed by atoms with van der Waals surface area (Å²) >= 11 is 3.42. The number of fused-ring (bicyclic) bond motifs is 1. The third-order valence-corrected chi connectivity index (χ3v) is 4.32. The number of halogens is 1. The second kappa shape index (κ2) is 5.19. The lowest BCUT2D eigenvalue weighted by molar-refractivity contribution is -0.0678. The van der Waals surface area contributed by atoms with Gasteiger partial charge in [0, 0.05) is 36.8 Å². The van der Waals surface area contributed by atoms with Crippen molar-refractivity contribution in [3.05, 3.63) is 41.6 Å². The molecule has 1 aromatic carbocycles. The van der Waals surface area contributed by atoms with Gasteiger partial charge in [-0.2, -0.15) is 0 Å². The number of hydrogen-bond donors (Lipinski definition) is 1. The molecule has 1 N–H and O–H groups in total. The normalized spacial score (nSPS) is 18.6. The van der Waals surface area contributed by atoms with Crippen LogP contribution in [-0.4, -0.2) is 23.3 Å². The summed E-state index contributed by atoms with van der Waals surface area (Å²) in [4.78, 5) is 4.59. The second-order valence-electron chi connectivity index (χ2n) is 4.99. The van der Waals surface area contributed by atoms with E-state index in [4.69, 9.17) is 4.74 Å². The van der Waals surface area contributed by atoms with Crippen LogP contribution < -0.4 is 0 Å². The van der Waals surface area contributed by atoms with Crippen molar-refractivity contribution in [1.82, 2.24) is 4.98 Å². The average Bonchev–Trinajstić information content (AvgIpc) is 2.47. The maximum absolute atomic E-state index is 10.7. The zero-order valence-electron chi connectivity index (χ0n) is 10.6. The van der Waals surface area contributed by atoms with Crippen LogP contribution in [-0.2, 0) is 15.7 Å². The number of aromatic nitrogens is 1. The number of aliphatic hydroxyl groups is 1. The lowest BCUT2D eigenvalue weighted by atomic mass is 9.86. The molecule has 1 aliphatic rings. The number of pyridine rings is 1. The van der Waals surface area contributed by atoms with Gasteiger partial charge >= 0.3 is 0 Å². The largest absolute Gasteiger partial charge is 0.385 e. The second-order valence-corrected chi connectivity index (χ2v) is 5.55. The Labute approximate surface area is 120 Å². The maximum Gasteiger partial charge on any atom is 0.0941 e. The topological polar surface area (TPSA) is 42.4 Å². The number of rotatable bonds is 2. The smallest absolute Gasteiger partial charge is 0.0941 e. The van der Waals surface area contributed by atoms with Crippen molar-refractivity contribution in [2.75, 3.05) is 13.2 Å². The molecular formula is C15H16BrNO2. The predicted octanol–water partition coefficient (Wildman–Crippen LogP) is 3.13. The highest BCUT2D eigenvalue weighted by atomic mass is 79.9. The van der Waals surface area contributed by atoms with E-state index in [1.807, 2.05) is 24.3 Å². The standard InChI is InChI=1S/C15H16BrNO2/c16-10-13-4-2-11-1-3-12(9-14(11)17-13)15(18)5-7-19-8-6-15/h1-4,9,18H,5-8,10H2. The van der Waals surface area contributed by atoms with Crippen molar-refractivity contribution < 1.29 is 9.84 Å². The van der Waals surface area contributed by atoms with Gasteiger partial charge in [-0.3, -0.25) is 4.98 Å². The van der Waals surface area contributed by atoms with E-state index >= 15 is 0 Å². The number of hydrogen-bond acceptors (Lipinski definition) is 3. The van der Waals surface area contributed by atoms with E-state index in [-0.39, 0.29) is 0 Å². The van der Waals surface area contributed by atoms with Crippen LogP contribution in [0.15, 0.2) is 30.3 Å². The van der Waals surface area contributed by atoms with Gasteiger partial charge in [-0.05, 0) is 17.7 Å². The zero-order valence-corrected chi connectivity index (χ0v) is 12.2. The van der Waals surface area contributed by atoms with E-state index in [0.29, 0.717) is 26.1 Å². The predicted molar refractivity (Wildman–Crippen MR) is 78.3 cm³/mol. The van der Waals surface area contributed by atoms with Crippen molar-refractivity contribution >= 4 is 26.8 Å². The molecule has 3 rings (SSSR count). The molecule has 0 bridgehead atoms. The number of alkyl halides is 1. The van der Waals surface area contributed by atoms with Crippen LogP contribution in [0.1, 0.15) is 24.1 Å². The number of benzene rings is 1. The summed E-state index contributed by atoms with van der Waals surface area (Å²) in [6.07, 6.45) is 1.30. The maximum atomic E-state index is 10.7. The molecule has 0 radical (unpaired) electrons. The van der Waals surface area contributed by atoms with Crippen LogP contribution in [0.2, 0.25) is 0 Å². The Balaban J connectivity index is 2.04. The first-order valence-corrected chi connectivity index (χ1v) is 7.60. The van der Waals surface area contributed by atoms with E-state index in [0.717, 1.165) is 27.5 Å². The molecule has 3 nitrogen and oxygen atoms in total. The Hall–Kier alpha value is -0.970. The van der Waals surface area contributed by atoms with E-state index in [9.17, 15) is 5.11 Å². The lowest BCUT2D eigenvalue weighted by Gasteiger charge is -2.32. The van der Waals surface area contributed by atoms with Gasteiger partial charge < -0.3 is 9.84 Å². The molecule has 0 spiro atoms. The molecule has 1 saturated heterocycles. The molecule has 0 atom stereocenters. The molecule has 2 aromatic rings. The van der Waals surface area contributed by atoms with Crippen molar-refractivity contribution in [2.24, 2.45) is 0 Å². The van der Waals surface area contributed by atoms with E-state index in [1.54, 1.807) is 0 Å². The molecular weight excluding hydrogens is 306 g/mol. The van der Waals surface area contributed by atoms with Gasteiger partial charge in [0.05, 0.1) is 16.8 Å². The molecule has 1 aromatic heterocycles. The van der Waals surface area contributed by atoms with Gasteiger partial charge in [0.25, 0.3) is 0 Å². The molecule has 0 unspecified atom stereocenters. The molecule has 19 heavy (non-hydrogen) atoms. The third kappa shape index (κ3) is 2.53. The van der Waals surface area contributed by atoms with E-state index in [1.165, 1.54) is 0 Å². The number of nitrogens with zero attached hydrogens (tertiary/aromatic N) is 1. The summed E-state index contributed by atoms with van der Waals surface area (Å²) in [6.45, 7) is 1.23. The molecule has 0 saturated carbocycles. The van der Waals surface area contributed by atoms with E-state index in [2.05, 4.69) is 27.0 Å². The minimum absolute atomic E-state index is 0.614. The SMILES string of the molecule is OC1(c2ccc3ccc(CBr)nc3c2)CCOCC1. The Morgan fingerprint density at radius 3 is 2.68 bits per heavy atom. The summed E-state index contributed by atoms with van der Waals surface area (Å²) < 4.78 is 5.33. The number of ether oxygens (including phenoxy) is 1. The molecule has 1 aliphatic heterocycles. The van der Waals surface area contributed by atoms with Crippen molar-refractivity contribution in [2.45, 2.75) is 23.8 Å². The van der Waals surface area contributed by atoms with Crippen LogP contribution in [0.5, 0.6) is 0 Å². The minimum atomic E-state index is -0.765. The van der Waals surface area contributed by atoms with Crippen LogP contribution in [0.4, 0.5) is 0 Å².